The Morgan fingerprint density at radius 2 is 2.25 bits per heavy atom. The Labute approximate surface area is 102 Å². The minimum Gasteiger partial charge on any atom is -0.395 e. The molecular weight excluding hydrogens is 277 g/mol. The molecule has 1 aromatic carbocycles. The third-order valence-corrected chi connectivity index (χ3v) is 3.03. The topological polar surface area (TPSA) is 40.5 Å². The molecule has 1 rings (SSSR count). The summed E-state index contributed by atoms with van der Waals surface area (Å²) in [6.07, 6.45) is 0. The Morgan fingerprint density at radius 1 is 1.56 bits per heavy atom. The number of amides is 1. The van der Waals surface area contributed by atoms with Gasteiger partial charge in [0.1, 0.15) is 5.82 Å². The number of aliphatic hydroxyl groups excluding tert-OH is 1. The highest BCUT2D eigenvalue weighted by Crippen LogP contribution is 2.21. The maximum Gasteiger partial charge on any atom is 0.255 e. The summed E-state index contributed by atoms with van der Waals surface area (Å²) in [5, 5.41) is 8.81. The molecule has 0 saturated heterocycles. The van der Waals surface area contributed by atoms with Crippen molar-refractivity contribution in [2.45, 2.75) is 6.92 Å². The van der Waals surface area contributed by atoms with E-state index in [2.05, 4.69) is 15.9 Å². The summed E-state index contributed by atoms with van der Waals surface area (Å²) in [6, 6.07) is 4.32. The largest absolute Gasteiger partial charge is 0.395 e. The fourth-order valence-electron chi connectivity index (χ4n) is 1.36. The number of benzene rings is 1. The van der Waals surface area contributed by atoms with Gasteiger partial charge in [-0.25, -0.2) is 4.39 Å². The van der Waals surface area contributed by atoms with Crippen LogP contribution >= 0.6 is 15.9 Å². The van der Waals surface area contributed by atoms with Gasteiger partial charge >= 0.3 is 0 Å². The van der Waals surface area contributed by atoms with E-state index in [0.717, 1.165) is 0 Å². The summed E-state index contributed by atoms with van der Waals surface area (Å²) in [7, 11) is 0. The Hall–Kier alpha value is -0.940. The van der Waals surface area contributed by atoms with Gasteiger partial charge in [-0.05, 0) is 35.0 Å². The number of likely N-dealkylation sites (N-methyl/N-ethyl adjacent to an activating group) is 1. The number of hydrogen-bond acceptors (Lipinski definition) is 2. The summed E-state index contributed by atoms with van der Waals surface area (Å²) >= 11 is 3.04. The van der Waals surface area contributed by atoms with Crippen molar-refractivity contribution >= 4 is 21.8 Å². The van der Waals surface area contributed by atoms with Crippen LogP contribution in [-0.2, 0) is 0 Å². The van der Waals surface area contributed by atoms with Gasteiger partial charge in [0.15, 0.2) is 0 Å². The molecule has 1 amide bonds. The Morgan fingerprint density at radius 3 is 2.81 bits per heavy atom. The van der Waals surface area contributed by atoms with Gasteiger partial charge < -0.3 is 10.0 Å². The van der Waals surface area contributed by atoms with E-state index in [9.17, 15) is 9.18 Å². The third-order valence-electron chi connectivity index (χ3n) is 2.22. The SMILES string of the molecule is CCN(CCO)C(=O)c1cccc(F)c1Br. The van der Waals surface area contributed by atoms with Crippen molar-refractivity contribution in [3.05, 3.63) is 34.1 Å². The first-order chi connectivity index (χ1) is 7.61. The first kappa shape index (κ1) is 13.1. The molecule has 1 N–H and O–H groups in total. The molecule has 0 aromatic heterocycles. The van der Waals surface area contributed by atoms with E-state index in [4.69, 9.17) is 5.11 Å². The monoisotopic (exact) mass is 289 g/mol. The van der Waals surface area contributed by atoms with E-state index in [1.54, 1.807) is 13.0 Å². The van der Waals surface area contributed by atoms with Gasteiger partial charge in [-0.2, -0.15) is 0 Å². The minimum atomic E-state index is -0.467. The number of aliphatic hydroxyl groups is 1. The molecule has 3 nitrogen and oxygen atoms in total. The van der Waals surface area contributed by atoms with Gasteiger partial charge in [0, 0.05) is 13.1 Å². The van der Waals surface area contributed by atoms with E-state index in [0.29, 0.717) is 6.54 Å². The standard InChI is InChI=1S/C11H13BrFNO2/c1-2-14(6-7-15)11(16)8-4-3-5-9(13)10(8)12/h3-5,15H,2,6-7H2,1H3. The van der Waals surface area contributed by atoms with Crippen molar-refractivity contribution in [1.29, 1.82) is 0 Å². The molecule has 0 unspecified atom stereocenters. The Balaban J connectivity index is 2.99. The highest BCUT2D eigenvalue weighted by atomic mass is 79.9. The van der Waals surface area contributed by atoms with Crippen molar-refractivity contribution in [3.63, 3.8) is 0 Å². The van der Waals surface area contributed by atoms with E-state index >= 15 is 0 Å². The summed E-state index contributed by atoms with van der Waals surface area (Å²) in [5.74, 6) is -0.756. The Kier molecular flexibility index (Phi) is 4.89. The molecule has 1 aromatic rings. The van der Waals surface area contributed by atoms with Gasteiger partial charge in [-0.3, -0.25) is 4.79 Å². The van der Waals surface area contributed by atoms with Crippen LogP contribution in [0.25, 0.3) is 0 Å². The second-order valence-corrected chi connectivity index (χ2v) is 4.00. The van der Waals surface area contributed by atoms with Crippen molar-refractivity contribution in [2.24, 2.45) is 0 Å². The third kappa shape index (κ3) is 2.80. The molecular formula is C11H13BrFNO2. The highest BCUT2D eigenvalue weighted by molar-refractivity contribution is 9.10. The van der Waals surface area contributed by atoms with Crippen molar-refractivity contribution in [2.75, 3.05) is 19.7 Å². The van der Waals surface area contributed by atoms with Crippen molar-refractivity contribution < 1.29 is 14.3 Å². The van der Waals surface area contributed by atoms with Gasteiger partial charge in [0.2, 0.25) is 0 Å². The van der Waals surface area contributed by atoms with Crippen LogP contribution in [0.4, 0.5) is 4.39 Å². The molecule has 0 bridgehead atoms. The predicted molar refractivity (Wildman–Crippen MR) is 62.8 cm³/mol. The summed E-state index contributed by atoms with van der Waals surface area (Å²) in [6.45, 7) is 2.42. The molecule has 0 spiro atoms. The number of carbonyl (C=O) groups is 1. The van der Waals surface area contributed by atoms with Crippen LogP contribution in [0.3, 0.4) is 0 Å². The Bertz CT molecular complexity index is 384. The molecule has 0 aliphatic carbocycles. The maximum atomic E-state index is 13.2. The fraction of sp³-hybridized carbons (Fsp3) is 0.364. The van der Waals surface area contributed by atoms with E-state index in [1.807, 2.05) is 0 Å². The summed E-state index contributed by atoms with van der Waals surface area (Å²) in [4.78, 5) is 13.4. The second-order valence-electron chi connectivity index (χ2n) is 3.21. The van der Waals surface area contributed by atoms with Gasteiger partial charge in [0.05, 0.1) is 16.6 Å². The van der Waals surface area contributed by atoms with Crippen LogP contribution in [0.5, 0.6) is 0 Å². The molecule has 0 aliphatic rings. The van der Waals surface area contributed by atoms with E-state index < -0.39 is 5.82 Å². The molecule has 0 aliphatic heterocycles. The number of nitrogens with zero attached hydrogens (tertiary/aromatic N) is 1. The summed E-state index contributed by atoms with van der Waals surface area (Å²) < 4.78 is 13.4. The number of hydrogen-bond donors (Lipinski definition) is 1. The van der Waals surface area contributed by atoms with Gasteiger partial charge in [0.25, 0.3) is 5.91 Å². The molecule has 16 heavy (non-hydrogen) atoms. The zero-order valence-corrected chi connectivity index (χ0v) is 10.5. The van der Waals surface area contributed by atoms with Crippen LogP contribution < -0.4 is 0 Å². The number of rotatable bonds is 4. The second kappa shape index (κ2) is 5.96. The van der Waals surface area contributed by atoms with Crippen LogP contribution in [0.15, 0.2) is 22.7 Å². The molecule has 0 fully saturated rings. The maximum absolute atomic E-state index is 13.2. The van der Waals surface area contributed by atoms with Crippen LogP contribution in [-0.4, -0.2) is 35.6 Å². The lowest BCUT2D eigenvalue weighted by atomic mass is 10.2. The highest BCUT2D eigenvalue weighted by Gasteiger charge is 2.17. The van der Waals surface area contributed by atoms with E-state index in [-0.39, 0.29) is 29.1 Å². The lowest BCUT2D eigenvalue weighted by Gasteiger charge is -2.20. The first-order valence-electron chi connectivity index (χ1n) is 4.96. The zero-order valence-electron chi connectivity index (χ0n) is 8.91. The van der Waals surface area contributed by atoms with E-state index in [1.165, 1.54) is 17.0 Å². The zero-order chi connectivity index (χ0) is 12.1. The van der Waals surface area contributed by atoms with Crippen LogP contribution in [0.2, 0.25) is 0 Å². The quantitative estimate of drug-likeness (QED) is 0.922. The predicted octanol–water partition coefficient (Wildman–Crippen LogP) is 2.04. The minimum absolute atomic E-state index is 0.105. The van der Waals surface area contributed by atoms with Gasteiger partial charge in [-0.15, -0.1) is 0 Å². The van der Waals surface area contributed by atoms with Gasteiger partial charge in [-0.1, -0.05) is 6.07 Å². The number of carbonyl (C=O) groups excluding carboxylic acids is 1. The van der Waals surface area contributed by atoms with Crippen LogP contribution in [0, 0.1) is 5.82 Å². The number of halogens is 2. The average molecular weight is 290 g/mol. The van der Waals surface area contributed by atoms with Crippen molar-refractivity contribution in [3.8, 4) is 0 Å². The molecule has 88 valence electrons. The molecule has 0 atom stereocenters. The average Bonchev–Trinajstić information content (AvgIpc) is 2.29. The lowest BCUT2D eigenvalue weighted by Crippen LogP contribution is -2.33. The molecule has 5 heteroatoms. The molecule has 0 saturated carbocycles. The fourth-order valence-corrected chi connectivity index (χ4v) is 1.80. The first-order valence-corrected chi connectivity index (χ1v) is 5.75. The molecule has 0 radical (unpaired) electrons. The summed E-state index contributed by atoms with van der Waals surface area (Å²) in [5.41, 5.74) is 0.273. The van der Waals surface area contributed by atoms with Crippen molar-refractivity contribution in [1.82, 2.24) is 4.90 Å². The smallest absolute Gasteiger partial charge is 0.255 e. The molecule has 0 heterocycles. The van der Waals surface area contributed by atoms with Crippen LogP contribution in [0.1, 0.15) is 17.3 Å². The lowest BCUT2D eigenvalue weighted by molar-refractivity contribution is 0.0730. The normalized spacial score (nSPS) is 10.2.